The molecular formula is C11H11NO3. The number of methoxy groups -OCH3 is 1. The number of aromatic amines is 1. The standard InChI is InChI=1S/C11H11NO3/c1-6-4-3-5-7-8(6)10(15-2)9(12-7)11(13)14/h3-5,12H,1-2H3,(H,13,14). The molecule has 78 valence electrons. The molecule has 1 aromatic carbocycles. The Morgan fingerprint density at radius 1 is 1.47 bits per heavy atom. The number of aryl methyl sites for hydroxylation is 1. The summed E-state index contributed by atoms with van der Waals surface area (Å²) in [5.41, 5.74) is 1.87. The van der Waals surface area contributed by atoms with Gasteiger partial charge in [0, 0.05) is 5.39 Å². The molecule has 0 bridgehead atoms. The molecule has 1 heterocycles. The molecule has 0 saturated carbocycles. The first kappa shape index (κ1) is 9.58. The lowest BCUT2D eigenvalue weighted by Gasteiger charge is -2.00. The largest absolute Gasteiger partial charge is 0.494 e. The molecule has 15 heavy (non-hydrogen) atoms. The van der Waals surface area contributed by atoms with Crippen LogP contribution in [0.3, 0.4) is 0 Å². The maximum absolute atomic E-state index is 11.0. The summed E-state index contributed by atoms with van der Waals surface area (Å²) in [7, 11) is 1.47. The van der Waals surface area contributed by atoms with Gasteiger partial charge in [-0.3, -0.25) is 0 Å². The molecule has 0 unspecified atom stereocenters. The van der Waals surface area contributed by atoms with E-state index in [9.17, 15) is 4.79 Å². The van der Waals surface area contributed by atoms with E-state index < -0.39 is 5.97 Å². The summed E-state index contributed by atoms with van der Waals surface area (Å²) < 4.78 is 5.13. The summed E-state index contributed by atoms with van der Waals surface area (Å²) in [4.78, 5) is 13.8. The van der Waals surface area contributed by atoms with Crippen molar-refractivity contribution in [1.29, 1.82) is 0 Å². The van der Waals surface area contributed by atoms with Crippen LogP contribution < -0.4 is 4.74 Å². The summed E-state index contributed by atoms with van der Waals surface area (Å²) in [6, 6.07) is 5.63. The van der Waals surface area contributed by atoms with Gasteiger partial charge < -0.3 is 14.8 Å². The quantitative estimate of drug-likeness (QED) is 0.789. The van der Waals surface area contributed by atoms with Gasteiger partial charge in [0.05, 0.1) is 12.6 Å². The maximum atomic E-state index is 11.0. The zero-order valence-corrected chi connectivity index (χ0v) is 8.50. The molecule has 0 saturated heterocycles. The lowest BCUT2D eigenvalue weighted by Crippen LogP contribution is -1.99. The average molecular weight is 205 g/mol. The van der Waals surface area contributed by atoms with Crippen LogP contribution in [-0.2, 0) is 0 Å². The van der Waals surface area contributed by atoms with E-state index in [0.717, 1.165) is 16.5 Å². The number of carboxylic acid groups (broad SMARTS) is 1. The van der Waals surface area contributed by atoms with Crippen molar-refractivity contribution < 1.29 is 14.6 Å². The second-order valence-electron chi connectivity index (χ2n) is 3.34. The summed E-state index contributed by atoms with van der Waals surface area (Å²) in [5.74, 6) is -0.613. The van der Waals surface area contributed by atoms with E-state index in [1.54, 1.807) is 0 Å². The normalized spacial score (nSPS) is 10.5. The van der Waals surface area contributed by atoms with E-state index in [2.05, 4.69) is 4.98 Å². The van der Waals surface area contributed by atoms with Crippen molar-refractivity contribution in [3.05, 3.63) is 29.5 Å². The summed E-state index contributed by atoms with van der Waals surface area (Å²) >= 11 is 0. The van der Waals surface area contributed by atoms with Crippen LogP contribution in [0.4, 0.5) is 0 Å². The number of H-pyrrole nitrogens is 1. The van der Waals surface area contributed by atoms with Gasteiger partial charge in [0.25, 0.3) is 0 Å². The molecule has 2 aromatic rings. The Morgan fingerprint density at radius 2 is 2.20 bits per heavy atom. The van der Waals surface area contributed by atoms with Crippen LogP contribution in [0.15, 0.2) is 18.2 Å². The number of carbonyl (C=O) groups is 1. The van der Waals surface area contributed by atoms with Crippen LogP contribution in [0.5, 0.6) is 5.75 Å². The van der Waals surface area contributed by atoms with E-state index in [0.29, 0.717) is 5.75 Å². The van der Waals surface area contributed by atoms with Crippen LogP contribution in [0.2, 0.25) is 0 Å². The minimum atomic E-state index is -1.01. The van der Waals surface area contributed by atoms with E-state index in [1.807, 2.05) is 25.1 Å². The molecule has 0 radical (unpaired) electrons. The van der Waals surface area contributed by atoms with Crippen LogP contribution in [0, 0.1) is 6.92 Å². The number of fused-ring (bicyclic) bond motifs is 1. The van der Waals surface area contributed by atoms with Crippen LogP contribution in [0.1, 0.15) is 16.1 Å². The van der Waals surface area contributed by atoms with Crippen LogP contribution >= 0.6 is 0 Å². The first-order valence-electron chi connectivity index (χ1n) is 4.53. The fraction of sp³-hybridized carbons (Fsp3) is 0.182. The van der Waals surface area contributed by atoms with E-state index in [4.69, 9.17) is 9.84 Å². The van der Waals surface area contributed by atoms with Crippen molar-refractivity contribution >= 4 is 16.9 Å². The highest BCUT2D eigenvalue weighted by Crippen LogP contribution is 2.32. The highest BCUT2D eigenvalue weighted by molar-refractivity contribution is 6.01. The first-order valence-corrected chi connectivity index (χ1v) is 4.53. The number of aromatic nitrogens is 1. The molecule has 1 aromatic heterocycles. The van der Waals surface area contributed by atoms with Crippen LogP contribution in [-0.4, -0.2) is 23.2 Å². The highest BCUT2D eigenvalue weighted by Gasteiger charge is 2.18. The molecule has 0 aliphatic heterocycles. The van der Waals surface area contributed by atoms with Gasteiger partial charge in [-0.25, -0.2) is 4.79 Å². The number of benzene rings is 1. The monoisotopic (exact) mass is 205 g/mol. The Labute approximate surface area is 86.5 Å². The SMILES string of the molecule is COc1c(C(=O)O)[nH]c2cccc(C)c12. The Balaban J connectivity index is 2.86. The number of rotatable bonds is 2. The summed E-state index contributed by atoms with van der Waals surface area (Å²) in [5, 5.41) is 9.81. The van der Waals surface area contributed by atoms with Gasteiger partial charge in [-0.2, -0.15) is 0 Å². The fourth-order valence-corrected chi connectivity index (χ4v) is 1.74. The predicted octanol–water partition coefficient (Wildman–Crippen LogP) is 2.18. The van der Waals surface area contributed by atoms with Crippen molar-refractivity contribution in [3.63, 3.8) is 0 Å². The molecular weight excluding hydrogens is 194 g/mol. The van der Waals surface area contributed by atoms with Gasteiger partial charge in [0.2, 0.25) is 0 Å². The first-order chi connectivity index (χ1) is 7.15. The molecule has 0 aliphatic carbocycles. The van der Waals surface area contributed by atoms with E-state index in [1.165, 1.54) is 7.11 Å². The van der Waals surface area contributed by atoms with Crippen molar-refractivity contribution in [2.24, 2.45) is 0 Å². The smallest absolute Gasteiger partial charge is 0.356 e. The second-order valence-corrected chi connectivity index (χ2v) is 3.34. The third-order valence-electron chi connectivity index (χ3n) is 2.40. The van der Waals surface area contributed by atoms with Gasteiger partial charge in [-0.05, 0) is 18.6 Å². The van der Waals surface area contributed by atoms with Crippen molar-refractivity contribution in [2.45, 2.75) is 6.92 Å². The predicted molar refractivity (Wildman–Crippen MR) is 56.5 cm³/mol. The number of ether oxygens (including phenoxy) is 1. The zero-order valence-electron chi connectivity index (χ0n) is 8.50. The number of hydrogen-bond acceptors (Lipinski definition) is 2. The van der Waals surface area contributed by atoms with Crippen molar-refractivity contribution in [2.75, 3.05) is 7.11 Å². The van der Waals surface area contributed by atoms with Crippen LogP contribution in [0.25, 0.3) is 10.9 Å². The van der Waals surface area contributed by atoms with Gasteiger partial charge in [-0.15, -0.1) is 0 Å². The Hall–Kier alpha value is -1.97. The maximum Gasteiger partial charge on any atom is 0.356 e. The fourth-order valence-electron chi connectivity index (χ4n) is 1.74. The van der Waals surface area contributed by atoms with Crippen molar-refractivity contribution in [3.8, 4) is 5.75 Å². The third-order valence-corrected chi connectivity index (χ3v) is 2.40. The molecule has 0 spiro atoms. The molecule has 0 fully saturated rings. The minimum Gasteiger partial charge on any atom is -0.494 e. The average Bonchev–Trinajstić information content (AvgIpc) is 2.57. The highest BCUT2D eigenvalue weighted by atomic mass is 16.5. The van der Waals surface area contributed by atoms with Gasteiger partial charge in [0.1, 0.15) is 0 Å². The van der Waals surface area contributed by atoms with Crippen molar-refractivity contribution in [1.82, 2.24) is 4.98 Å². The molecule has 2 N–H and O–H groups in total. The third kappa shape index (κ3) is 1.34. The Kier molecular flexibility index (Phi) is 2.11. The summed E-state index contributed by atoms with van der Waals surface area (Å²) in [6.45, 7) is 1.92. The molecule has 4 heteroatoms. The molecule has 0 aliphatic rings. The molecule has 4 nitrogen and oxygen atoms in total. The molecule has 0 atom stereocenters. The Bertz CT molecular complexity index is 528. The zero-order chi connectivity index (χ0) is 11.0. The van der Waals surface area contributed by atoms with Gasteiger partial charge in [0.15, 0.2) is 11.4 Å². The van der Waals surface area contributed by atoms with Gasteiger partial charge in [-0.1, -0.05) is 12.1 Å². The van der Waals surface area contributed by atoms with Gasteiger partial charge >= 0.3 is 5.97 Å². The topological polar surface area (TPSA) is 62.3 Å². The minimum absolute atomic E-state index is 0.0989. The number of hydrogen-bond donors (Lipinski definition) is 2. The number of carboxylic acids is 1. The van der Waals surface area contributed by atoms with E-state index in [-0.39, 0.29) is 5.69 Å². The summed E-state index contributed by atoms with van der Waals surface area (Å²) in [6.07, 6.45) is 0. The number of aromatic carboxylic acids is 1. The molecule has 0 amide bonds. The number of nitrogens with one attached hydrogen (secondary N) is 1. The Morgan fingerprint density at radius 3 is 2.80 bits per heavy atom. The molecule has 2 rings (SSSR count). The lowest BCUT2D eigenvalue weighted by molar-refractivity contribution is 0.0688. The lowest BCUT2D eigenvalue weighted by atomic mass is 10.1. The second kappa shape index (κ2) is 3.31. The van der Waals surface area contributed by atoms with E-state index >= 15 is 0 Å².